The number of rotatable bonds is 2. The van der Waals surface area contributed by atoms with Crippen LogP contribution in [0.5, 0.6) is 0 Å². The van der Waals surface area contributed by atoms with Crippen molar-refractivity contribution in [1.29, 1.82) is 0 Å². The Hall–Kier alpha value is -0.900. The third-order valence-corrected chi connectivity index (χ3v) is 6.10. The van der Waals surface area contributed by atoms with E-state index in [9.17, 15) is 0 Å². The largest absolute Gasteiger partial charge is 0.339 e. The van der Waals surface area contributed by atoms with Gasteiger partial charge in [-0.05, 0) is 49.9 Å². The summed E-state index contributed by atoms with van der Waals surface area (Å²) in [6, 6.07) is 0.244. The molecule has 0 amide bonds. The zero-order valence-corrected chi connectivity index (χ0v) is 12.3. The fourth-order valence-corrected chi connectivity index (χ4v) is 4.77. The molecule has 2 N–H and O–H groups in total. The van der Waals surface area contributed by atoms with Crippen LogP contribution in [-0.2, 0) is 0 Å². The van der Waals surface area contributed by atoms with Crippen LogP contribution < -0.4 is 5.73 Å². The molecule has 110 valence electrons. The van der Waals surface area contributed by atoms with Crippen molar-refractivity contribution in [3.05, 3.63) is 11.7 Å². The van der Waals surface area contributed by atoms with E-state index in [2.05, 4.69) is 12.1 Å². The van der Waals surface area contributed by atoms with Gasteiger partial charge in [0.2, 0.25) is 5.89 Å². The number of aromatic nitrogens is 2. The minimum absolute atomic E-state index is 0.244. The molecule has 1 heterocycles. The summed E-state index contributed by atoms with van der Waals surface area (Å²) in [5.74, 6) is 4.86. The number of hydrogen-bond donors (Lipinski definition) is 1. The molecule has 4 nitrogen and oxygen atoms in total. The smallest absolute Gasteiger partial charge is 0.231 e. The van der Waals surface area contributed by atoms with Gasteiger partial charge in [0.05, 0.1) is 5.92 Å². The summed E-state index contributed by atoms with van der Waals surface area (Å²) in [6.45, 7) is 2.34. The lowest BCUT2D eigenvalue weighted by Gasteiger charge is -2.25. The number of nitrogens with two attached hydrogens (primary N) is 1. The zero-order chi connectivity index (χ0) is 13.7. The summed E-state index contributed by atoms with van der Waals surface area (Å²) in [6.07, 6.45) is 8.87. The van der Waals surface area contributed by atoms with Crippen LogP contribution in [0.15, 0.2) is 4.52 Å². The van der Waals surface area contributed by atoms with Crippen molar-refractivity contribution in [2.45, 2.75) is 69.7 Å². The molecule has 0 aromatic carbocycles. The van der Waals surface area contributed by atoms with Crippen LogP contribution in [0, 0.1) is 17.8 Å². The van der Waals surface area contributed by atoms with Crippen molar-refractivity contribution in [3.8, 4) is 0 Å². The Morgan fingerprint density at radius 1 is 1.05 bits per heavy atom. The van der Waals surface area contributed by atoms with E-state index in [1.807, 2.05) is 0 Å². The summed E-state index contributed by atoms with van der Waals surface area (Å²) in [4.78, 5) is 4.75. The fraction of sp³-hybridized carbons (Fsp3) is 0.875. The molecule has 0 radical (unpaired) electrons. The predicted molar refractivity (Wildman–Crippen MR) is 76.2 cm³/mol. The summed E-state index contributed by atoms with van der Waals surface area (Å²) in [5.41, 5.74) is 6.37. The third-order valence-electron chi connectivity index (χ3n) is 6.10. The highest BCUT2D eigenvalue weighted by atomic mass is 16.5. The van der Waals surface area contributed by atoms with Gasteiger partial charge in [0.1, 0.15) is 0 Å². The molecule has 0 aliphatic heterocycles. The topological polar surface area (TPSA) is 64.9 Å². The normalized spacial score (nSPS) is 44.1. The summed E-state index contributed by atoms with van der Waals surface area (Å²) < 4.78 is 5.61. The average molecular weight is 275 g/mol. The Morgan fingerprint density at radius 2 is 1.80 bits per heavy atom. The fourth-order valence-electron chi connectivity index (χ4n) is 4.77. The predicted octanol–water partition coefficient (Wildman–Crippen LogP) is 3.20. The molecule has 1 aromatic heterocycles. The Labute approximate surface area is 120 Å². The van der Waals surface area contributed by atoms with Crippen LogP contribution in [0.25, 0.3) is 0 Å². The Balaban J connectivity index is 1.51. The summed E-state index contributed by atoms with van der Waals surface area (Å²) >= 11 is 0. The van der Waals surface area contributed by atoms with Crippen molar-refractivity contribution in [1.82, 2.24) is 10.1 Å². The van der Waals surface area contributed by atoms with Crippen LogP contribution in [-0.4, -0.2) is 16.2 Å². The lowest BCUT2D eigenvalue weighted by molar-refractivity contribution is 0.275. The molecular formula is C16H25N3O. The van der Waals surface area contributed by atoms with Gasteiger partial charge in [0.15, 0.2) is 5.82 Å². The first-order chi connectivity index (χ1) is 9.72. The van der Waals surface area contributed by atoms with Gasteiger partial charge in [-0.1, -0.05) is 24.9 Å². The van der Waals surface area contributed by atoms with Crippen LogP contribution in [0.2, 0.25) is 0 Å². The monoisotopic (exact) mass is 275 g/mol. The first-order valence-electron chi connectivity index (χ1n) is 8.31. The first-order valence-corrected chi connectivity index (χ1v) is 8.31. The lowest BCUT2D eigenvalue weighted by Crippen LogP contribution is -2.34. The summed E-state index contributed by atoms with van der Waals surface area (Å²) in [5, 5.41) is 4.29. The maximum Gasteiger partial charge on any atom is 0.231 e. The van der Waals surface area contributed by atoms with Crippen molar-refractivity contribution in [2.75, 3.05) is 0 Å². The third kappa shape index (κ3) is 2.00. The molecule has 4 atom stereocenters. The van der Waals surface area contributed by atoms with Gasteiger partial charge < -0.3 is 10.3 Å². The second-order valence-corrected chi connectivity index (χ2v) is 7.38. The number of hydrogen-bond acceptors (Lipinski definition) is 4. The van der Waals surface area contributed by atoms with Crippen molar-refractivity contribution < 1.29 is 4.52 Å². The van der Waals surface area contributed by atoms with E-state index in [4.69, 9.17) is 15.2 Å². The van der Waals surface area contributed by atoms with Crippen LogP contribution in [0.3, 0.4) is 0 Å². The molecule has 3 aliphatic rings. The minimum atomic E-state index is 0.244. The van der Waals surface area contributed by atoms with E-state index in [-0.39, 0.29) is 6.04 Å². The van der Waals surface area contributed by atoms with E-state index < -0.39 is 0 Å². The summed E-state index contributed by atoms with van der Waals surface area (Å²) in [7, 11) is 0. The van der Waals surface area contributed by atoms with Crippen molar-refractivity contribution >= 4 is 0 Å². The maximum atomic E-state index is 6.37. The van der Waals surface area contributed by atoms with Crippen molar-refractivity contribution in [3.63, 3.8) is 0 Å². The first kappa shape index (κ1) is 12.8. The Kier molecular flexibility index (Phi) is 3.09. The van der Waals surface area contributed by atoms with Crippen LogP contribution in [0.1, 0.15) is 75.4 Å². The highest BCUT2D eigenvalue weighted by Gasteiger charge is 2.49. The molecule has 3 fully saturated rings. The van der Waals surface area contributed by atoms with E-state index in [0.29, 0.717) is 23.7 Å². The average Bonchev–Trinajstić information content (AvgIpc) is 3.14. The molecule has 20 heavy (non-hydrogen) atoms. The Morgan fingerprint density at radius 3 is 2.50 bits per heavy atom. The molecule has 0 spiro atoms. The van der Waals surface area contributed by atoms with E-state index in [1.54, 1.807) is 0 Å². The van der Waals surface area contributed by atoms with Gasteiger partial charge in [0, 0.05) is 12.0 Å². The van der Waals surface area contributed by atoms with Gasteiger partial charge in [-0.15, -0.1) is 0 Å². The standard InChI is InChI=1S/C16H25N3O/c1-9-2-4-10(5-3-9)15-18-16(20-19-15)13-11-6-7-12(8-11)14(13)17/h9-14H,2-8,17H2,1H3. The molecule has 4 unspecified atom stereocenters. The van der Waals surface area contributed by atoms with E-state index in [0.717, 1.165) is 17.6 Å². The van der Waals surface area contributed by atoms with Gasteiger partial charge >= 0.3 is 0 Å². The molecule has 3 aliphatic carbocycles. The quantitative estimate of drug-likeness (QED) is 0.900. The molecule has 2 bridgehead atoms. The Bertz CT molecular complexity index is 476. The van der Waals surface area contributed by atoms with Gasteiger partial charge in [-0.2, -0.15) is 4.98 Å². The van der Waals surface area contributed by atoms with Crippen molar-refractivity contribution in [2.24, 2.45) is 23.5 Å². The highest BCUT2D eigenvalue weighted by Crippen LogP contribution is 2.51. The molecule has 1 aromatic rings. The van der Waals surface area contributed by atoms with E-state index in [1.165, 1.54) is 44.9 Å². The zero-order valence-electron chi connectivity index (χ0n) is 12.3. The van der Waals surface area contributed by atoms with Gasteiger partial charge in [-0.3, -0.25) is 0 Å². The molecule has 3 saturated carbocycles. The SMILES string of the molecule is CC1CCC(c2noc(C3C4CCC(C4)C3N)n2)CC1. The number of nitrogens with zero attached hydrogens (tertiary/aromatic N) is 2. The maximum absolute atomic E-state index is 6.37. The molecular weight excluding hydrogens is 250 g/mol. The molecule has 4 rings (SSSR count). The minimum Gasteiger partial charge on any atom is -0.339 e. The highest BCUT2D eigenvalue weighted by molar-refractivity contribution is 5.12. The van der Waals surface area contributed by atoms with Gasteiger partial charge in [-0.25, -0.2) is 0 Å². The van der Waals surface area contributed by atoms with Gasteiger partial charge in [0.25, 0.3) is 0 Å². The van der Waals surface area contributed by atoms with E-state index >= 15 is 0 Å². The molecule has 4 heteroatoms. The van der Waals surface area contributed by atoms with Crippen LogP contribution >= 0.6 is 0 Å². The second-order valence-electron chi connectivity index (χ2n) is 7.38. The molecule has 0 saturated heterocycles. The van der Waals surface area contributed by atoms with Crippen LogP contribution in [0.4, 0.5) is 0 Å². The second kappa shape index (κ2) is 4.83. The lowest BCUT2D eigenvalue weighted by atomic mass is 9.82. The number of fused-ring (bicyclic) bond motifs is 2.